The van der Waals surface area contributed by atoms with Gasteiger partial charge in [-0.2, -0.15) is 0 Å². The van der Waals surface area contributed by atoms with Gasteiger partial charge in [-0.25, -0.2) is 4.79 Å². The van der Waals surface area contributed by atoms with Crippen LogP contribution < -0.4 is 16.0 Å². The van der Waals surface area contributed by atoms with E-state index < -0.39 is 23.8 Å². The van der Waals surface area contributed by atoms with E-state index in [0.29, 0.717) is 31.6 Å². The summed E-state index contributed by atoms with van der Waals surface area (Å²) >= 11 is 0. The van der Waals surface area contributed by atoms with Gasteiger partial charge in [0.05, 0.1) is 0 Å². The molecule has 9 heteroatoms. The topological polar surface area (TPSA) is 117 Å². The predicted octanol–water partition coefficient (Wildman–Crippen LogP) is 3.23. The van der Waals surface area contributed by atoms with E-state index in [1.165, 1.54) is 0 Å². The number of ether oxygens (including phenoxy) is 1. The number of hydrogen-bond acceptors (Lipinski definition) is 5. The van der Waals surface area contributed by atoms with Crippen LogP contribution in [0.2, 0.25) is 0 Å². The first-order chi connectivity index (χ1) is 16.3. The van der Waals surface area contributed by atoms with E-state index in [2.05, 4.69) is 16.0 Å². The predicted molar refractivity (Wildman–Crippen MR) is 135 cm³/mol. The van der Waals surface area contributed by atoms with E-state index in [4.69, 9.17) is 4.74 Å². The second-order valence-corrected chi connectivity index (χ2v) is 10.6. The van der Waals surface area contributed by atoms with Crippen molar-refractivity contribution in [3.05, 3.63) is 29.8 Å². The minimum Gasteiger partial charge on any atom is -0.444 e. The molecule has 2 rings (SSSR count). The smallest absolute Gasteiger partial charge is 0.408 e. The molecular formula is C26H40N4O5. The fourth-order valence-electron chi connectivity index (χ4n) is 3.79. The summed E-state index contributed by atoms with van der Waals surface area (Å²) in [4.78, 5) is 52.1. The summed E-state index contributed by atoms with van der Waals surface area (Å²) in [6.07, 6.45) is 0.346. The number of carbonyl (C=O) groups is 4. The number of carbonyl (C=O) groups excluding carboxylic acids is 4. The van der Waals surface area contributed by atoms with Gasteiger partial charge in [-0.15, -0.1) is 0 Å². The number of benzene rings is 1. The van der Waals surface area contributed by atoms with E-state index in [1.54, 1.807) is 32.6 Å². The lowest BCUT2D eigenvalue weighted by Gasteiger charge is -2.35. The molecule has 9 nitrogen and oxygen atoms in total. The van der Waals surface area contributed by atoms with Crippen LogP contribution in [0.25, 0.3) is 0 Å². The Morgan fingerprint density at radius 3 is 2.06 bits per heavy atom. The van der Waals surface area contributed by atoms with Gasteiger partial charge < -0.3 is 25.6 Å². The van der Waals surface area contributed by atoms with Crippen molar-refractivity contribution < 1.29 is 23.9 Å². The van der Waals surface area contributed by atoms with Crippen LogP contribution in [-0.2, 0) is 19.1 Å². The standard InChI is InChI=1S/C26H40N4O5/c1-16(2)21(29-25(34)35-26(5,6)7)24(33)30-14-12-19(13-15-30)23(32)27-18(4)22(31)28-20-10-8-17(3)9-11-20/h8-11,16,18-19,21H,12-15H2,1-7H3,(H,27,32)(H,28,31)(H,29,34)/t18-,21-/m0/s1. The summed E-state index contributed by atoms with van der Waals surface area (Å²) in [5.74, 6) is -1.08. The third-order valence-electron chi connectivity index (χ3n) is 5.85. The number of aryl methyl sites for hydroxylation is 1. The van der Waals surface area contributed by atoms with E-state index in [1.807, 2.05) is 45.0 Å². The van der Waals surface area contributed by atoms with Crippen LogP contribution in [0.3, 0.4) is 0 Å². The van der Waals surface area contributed by atoms with Crippen molar-refractivity contribution >= 4 is 29.5 Å². The number of hydrogen-bond donors (Lipinski definition) is 3. The molecular weight excluding hydrogens is 448 g/mol. The summed E-state index contributed by atoms with van der Waals surface area (Å²) in [6, 6.07) is 6.04. The average Bonchev–Trinajstić information content (AvgIpc) is 2.77. The molecule has 194 valence electrons. The molecule has 1 aromatic carbocycles. The maximum Gasteiger partial charge on any atom is 0.408 e. The number of alkyl carbamates (subject to hydrolysis) is 1. The first-order valence-corrected chi connectivity index (χ1v) is 12.2. The summed E-state index contributed by atoms with van der Waals surface area (Å²) in [7, 11) is 0. The molecule has 1 fully saturated rings. The lowest BCUT2D eigenvalue weighted by atomic mass is 9.94. The zero-order chi connectivity index (χ0) is 26.3. The van der Waals surface area contributed by atoms with Crippen LogP contribution in [0.4, 0.5) is 10.5 Å². The highest BCUT2D eigenvalue weighted by Crippen LogP contribution is 2.20. The Kier molecular flexibility index (Phi) is 9.68. The maximum atomic E-state index is 13.1. The van der Waals surface area contributed by atoms with Gasteiger partial charge in [-0.1, -0.05) is 31.5 Å². The van der Waals surface area contributed by atoms with Crippen molar-refractivity contribution in [1.82, 2.24) is 15.5 Å². The summed E-state index contributed by atoms with van der Waals surface area (Å²) < 4.78 is 5.30. The molecule has 1 aromatic rings. The molecule has 35 heavy (non-hydrogen) atoms. The van der Waals surface area contributed by atoms with Crippen molar-refractivity contribution in [2.75, 3.05) is 18.4 Å². The van der Waals surface area contributed by atoms with E-state index in [0.717, 1.165) is 5.56 Å². The summed E-state index contributed by atoms with van der Waals surface area (Å²) in [5, 5.41) is 8.28. The van der Waals surface area contributed by atoms with Crippen LogP contribution in [-0.4, -0.2) is 59.5 Å². The van der Waals surface area contributed by atoms with E-state index in [-0.39, 0.29) is 29.6 Å². The van der Waals surface area contributed by atoms with Crippen molar-refractivity contribution in [1.29, 1.82) is 0 Å². The molecule has 3 N–H and O–H groups in total. The molecule has 2 atom stereocenters. The van der Waals surface area contributed by atoms with Crippen LogP contribution in [0.1, 0.15) is 59.9 Å². The molecule has 1 aliphatic rings. The Morgan fingerprint density at radius 1 is 0.971 bits per heavy atom. The fraction of sp³-hybridized carbons (Fsp3) is 0.615. The molecule has 1 saturated heterocycles. The second-order valence-electron chi connectivity index (χ2n) is 10.6. The molecule has 0 radical (unpaired) electrons. The third kappa shape index (κ3) is 8.88. The fourth-order valence-corrected chi connectivity index (χ4v) is 3.79. The molecule has 0 spiro atoms. The van der Waals surface area contributed by atoms with Crippen molar-refractivity contribution in [3.8, 4) is 0 Å². The number of nitrogens with one attached hydrogen (secondary N) is 3. The van der Waals surface area contributed by atoms with Crippen molar-refractivity contribution in [2.45, 2.75) is 79.0 Å². The summed E-state index contributed by atoms with van der Waals surface area (Å²) in [6.45, 7) is 13.4. The quantitative estimate of drug-likeness (QED) is 0.545. The Bertz CT molecular complexity index is 899. The van der Waals surface area contributed by atoms with Crippen LogP contribution >= 0.6 is 0 Å². The Labute approximate surface area is 208 Å². The van der Waals surface area contributed by atoms with Gasteiger partial charge in [0.25, 0.3) is 0 Å². The number of anilines is 1. The number of piperidine rings is 1. The van der Waals surface area contributed by atoms with Crippen molar-refractivity contribution in [3.63, 3.8) is 0 Å². The largest absolute Gasteiger partial charge is 0.444 e. The molecule has 1 heterocycles. The highest BCUT2D eigenvalue weighted by molar-refractivity contribution is 5.97. The number of amides is 4. The SMILES string of the molecule is Cc1ccc(NC(=O)[C@H](C)NC(=O)C2CCN(C(=O)[C@@H](NC(=O)OC(C)(C)C)C(C)C)CC2)cc1. The Balaban J connectivity index is 1.85. The zero-order valence-corrected chi connectivity index (χ0v) is 21.9. The third-order valence-corrected chi connectivity index (χ3v) is 5.85. The molecule has 0 aliphatic carbocycles. The van der Waals surface area contributed by atoms with Gasteiger partial charge in [-0.05, 0) is 65.5 Å². The molecule has 0 aromatic heterocycles. The Morgan fingerprint density at radius 2 is 1.54 bits per heavy atom. The summed E-state index contributed by atoms with van der Waals surface area (Å²) in [5.41, 5.74) is 1.11. The molecule has 1 aliphatic heterocycles. The molecule has 0 bridgehead atoms. The number of rotatable bonds is 7. The lowest BCUT2D eigenvalue weighted by molar-refractivity contribution is -0.138. The first kappa shape index (κ1) is 28.1. The van der Waals surface area contributed by atoms with Gasteiger partial charge in [-0.3, -0.25) is 14.4 Å². The maximum absolute atomic E-state index is 13.1. The van der Waals surface area contributed by atoms with Crippen LogP contribution in [0.15, 0.2) is 24.3 Å². The highest BCUT2D eigenvalue weighted by Gasteiger charge is 2.34. The monoisotopic (exact) mass is 488 g/mol. The normalized spacial score (nSPS) is 16.3. The molecule has 0 saturated carbocycles. The second kappa shape index (κ2) is 12.0. The van der Waals surface area contributed by atoms with Crippen LogP contribution in [0.5, 0.6) is 0 Å². The zero-order valence-electron chi connectivity index (χ0n) is 21.9. The van der Waals surface area contributed by atoms with Gasteiger partial charge in [0.2, 0.25) is 17.7 Å². The van der Waals surface area contributed by atoms with Gasteiger partial charge >= 0.3 is 6.09 Å². The minimum absolute atomic E-state index is 0.121. The minimum atomic E-state index is -0.708. The lowest BCUT2D eigenvalue weighted by Crippen LogP contribution is -2.54. The highest BCUT2D eigenvalue weighted by atomic mass is 16.6. The van der Waals surface area contributed by atoms with E-state index >= 15 is 0 Å². The number of nitrogens with zero attached hydrogens (tertiary/aromatic N) is 1. The average molecular weight is 489 g/mol. The van der Waals surface area contributed by atoms with Crippen molar-refractivity contribution in [2.24, 2.45) is 11.8 Å². The molecule has 4 amide bonds. The number of likely N-dealkylation sites (tertiary alicyclic amines) is 1. The van der Waals surface area contributed by atoms with Gasteiger partial charge in [0, 0.05) is 24.7 Å². The molecule has 0 unspecified atom stereocenters. The van der Waals surface area contributed by atoms with Gasteiger partial charge in [0.15, 0.2) is 0 Å². The van der Waals surface area contributed by atoms with Crippen LogP contribution in [0, 0.1) is 18.8 Å². The van der Waals surface area contributed by atoms with Gasteiger partial charge in [0.1, 0.15) is 17.7 Å². The first-order valence-electron chi connectivity index (χ1n) is 12.2. The Hall–Kier alpha value is -3.10. The van der Waals surface area contributed by atoms with E-state index in [9.17, 15) is 19.2 Å².